The van der Waals surface area contributed by atoms with Crippen molar-refractivity contribution < 1.29 is 18.9 Å². The molecule has 0 saturated heterocycles. The van der Waals surface area contributed by atoms with Gasteiger partial charge in [-0.25, -0.2) is 0 Å². The summed E-state index contributed by atoms with van der Waals surface area (Å²) in [6, 6.07) is 12.2. The van der Waals surface area contributed by atoms with Crippen LogP contribution in [-0.2, 0) is 12.8 Å². The van der Waals surface area contributed by atoms with Gasteiger partial charge in [0.25, 0.3) is 0 Å². The Morgan fingerprint density at radius 1 is 0.808 bits per heavy atom. The summed E-state index contributed by atoms with van der Waals surface area (Å²) in [6.07, 6.45) is 3.87. The molecule has 26 heavy (non-hydrogen) atoms. The highest BCUT2D eigenvalue weighted by atomic mass is 16.5. The Labute approximate surface area is 156 Å². The zero-order valence-electron chi connectivity index (χ0n) is 16.3. The van der Waals surface area contributed by atoms with E-state index in [1.165, 1.54) is 11.1 Å². The van der Waals surface area contributed by atoms with Gasteiger partial charge in [0.1, 0.15) is 12.4 Å². The van der Waals surface area contributed by atoms with E-state index in [0.717, 1.165) is 24.2 Å². The molecule has 4 heteroatoms. The lowest BCUT2D eigenvalue weighted by molar-refractivity contribution is 0.324. The largest absolute Gasteiger partial charge is 0.493 e. The molecule has 2 aromatic rings. The van der Waals surface area contributed by atoms with Crippen molar-refractivity contribution in [1.29, 1.82) is 0 Å². The van der Waals surface area contributed by atoms with E-state index in [1.807, 2.05) is 24.3 Å². The molecule has 0 saturated carbocycles. The molecule has 0 atom stereocenters. The van der Waals surface area contributed by atoms with E-state index >= 15 is 0 Å². The highest BCUT2D eigenvalue weighted by molar-refractivity contribution is 5.54. The van der Waals surface area contributed by atoms with Crippen molar-refractivity contribution >= 4 is 0 Å². The SMILES string of the molecule is COc1cc(CCc2ccc(OCC=C(C)C)cc2)cc(OC)c1OC. The number of allylic oxidation sites excluding steroid dienone is 1. The van der Waals surface area contributed by atoms with Crippen LogP contribution < -0.4 is 18.9 Å². The molecule has 0 aliphatic carbocycles. The molecule has 0 aliphatic rings. The molecule has 0 radical (unpaired) electrons. The van der Waals surface area contributed by atoms with Gasteiger partial charge in [0, 0.05) is 0 Å². The number of hydrogen-bond acceptors (Lipinski definition) is 4. The average molecular weight is 356 g/mol. The van der Waals surface area contributed by atoms with Gasteiger partial charge in [0.2, 0.25) is 5.75 Å². The molecule has 2 aromatic carbocycles. The van der Waals surface area contributed by atoms with Crippen LogP contribution in [0.1, 0.15) is 25.0 Å². The number of hydrogen-bond donors (Lipinski definition) is 0. The Hall–Kier alpha value is -2.62. The maximum absolute atomic E-state index is 5.70. The van der Waals surface area contributed by atoms with Crippen LogP contribution >= 0.6 is 0 Å². The summed E-state index contributed by atoms with van der Waals surface area (Å²) in [5.41, 5.74) is 3.66. The molecule has 0 bridgehead atoms. The lowest BCUT2D eigenvalue weighted by Crippen LogP contribution is -1.99. The first-order valence-corrected chi connectivity index (χ1v) is 8.71. The molecule has 4 nitrogen and oxygen atoms in total. The van der Waals surface area contributed by atoms with E-state index in [1.54, 1.807) is 21.3 Å². The van der Waals surface area contributed by atoms with Crippen molar-refractivity contribution in [3.63, 3.8) is 0 Å². The third kappa shape index (κ3) is 5.45. The van der Waals surface area contributed by atoms with E-state index < -0.39 is 0 Å². The first-order chi connectivity index (χ1) is 12.6. The molecule has 0 spiro atoms. The minimum absolute atomic E-state index is 0.604. The van der Waals surface area contributed by atoms with Gasteiger partial charge in [-0.1, -0.05) is 17.7 Å². The van der Waals surface area contributed by atoms with Gasteiger partial charge in [0.15, 0.2) is 11.5 Å². The Bertz CT molecular complexity index is 703. The van der Waals surface area contributed by atoms with Gasteiger partial charge in [-0.3, -0.25) is 0 Å². The van der Waals surface area contributed by atoms with E-state index in [9.17, 15) is 0 Å². The van der Waals surface area contributed by atoms with E-state index in [2.05, 4.69) is 32.1 Å². The first kappa shape index (κ1) is 19.7. The van der Waals surface area contributed by atoms with Crippen molar-refractivity contribution in [3.05, 3.63) is 59.2 Å². The van der Waals surface area contributed by atoms with Crippen LogP contribution in [-0.4, -0.2) is 27.9 Å². The number of rotatable bonds is 9. The molecule has 2 rings (SSSR count). The average Bonchev–Trinajstić information content (AvgIpc) is 2.66. The smallest absolute Gasteiger partial charge is 0.203 e. The molecule has 0 aromatic heterocycles. The predicted molar refractivity (Wildman–Crippen MR) is 105 cm³/mol. The van der Waals surface area contributed by atoms with E-state index in [-0.39, 0.29) is 0 Å². The molecule has 0 N–H and O–H groups in total. The zero-order valence-corrected chi connectivity index (χ0v) is 16.3. The van der Waals surface area contributed by atoms with Crippen LogP contribution in [0.5, 0.6) is 23.0 Å². The summed E-state index contributed by atoms with van der Waals surface area (Å²) in [5.74, 6) is 2.88. The van der Waals surface area contributed by atoms with E-state index in [4.69, 9.17) is 18.9 Å². The van der Waals surface area contributed by atoms with Gasteiger partial charge in [-0.15, -0.1) is 0 Å². The second kappa shape index (κ2) is 9.76. The van der Waals surface area contributed by atoms with Gasteiger partial charge >= 0.3 is 0 Å². The van der Waals surface area contributed by atoms with Gasteiger partial charge in [-0.2, -0.15) is 0 Å². The highest BCUT2D eigenvalue weighted by Gasteiger charge is 2.13. The van der Waals surface area contributed by atoms with Crippen LogP contribution in [0, 0.1) is 0 Å². The van der Waals surface area contributed by atoms with Crippen LogP contribution in [0.4, 0.5) is 0 Å². The molecule has 0 fully saturated rings. The molecule has 0 heterocycles. The summed E-state index contributed by atoms with van der Waals surface area (Å²) in [4.78, 5) is 0. The molecule has 140 valence electrons. The molecular formula is C22H28O4. The minimum atomic E-state index is 0.604. The monoisotopic (exact) mass is 356 g/mol. The third-order valence-electron chi connectivity index (χ3n) is 4.09. The summed E-state index contributed by atoms with van der Waals surface area (Å²) in [5, 5.41) is 0. The first-order valence-electron chi connectivity index (χ1n) is 8.71. The quantitative estimate of drug-likeness (QED) is 0.602. The summed E-state index contributed by atoms with van der Waals surface area (Å²) < 4.78 is 21.9. The predicted octanol–water partition coefficient (Wildman–Crippen LogP) is 4.84. The fourth-order valence-corrected chi connectivity index (χ4v) is 2.63. The Balaban J connectivity index is 2.01. The van der Waals surface area contributed by atoms with Crippen molar-refractivity contribution in [2.75, 3.05) is 27.9 Å². The van der Waals surface area contributed by atoms with Crippen LogP contribution in [0.2, 0.25) is 0 Å². The van der Waals surface area contributed by atoms with Crippen molar-refractivity contribution in [1.82, 2.24) is 0 Å². The lowest BCUT2D eigenvalue weighted by Gasteiger charge is -2.14. The topological polar surface area (TPSA) is 36.9 Å². The Morgan fingerprint density at radius 3 is 1.88 bits per heavy atom. The second-order valence-electron chi connectivity index (χ2n) is 6.27. The molecule has 0 amide bonds. The van der Waals surface area contributed by atoms with Gasteiger partial charge < -0.3 is 18.9 Å². The van der Waals surface area contributed by atoms with Crippen molar-refractivity contribution in [2.45, 2.75) is 26.7 Å². The third-order valence-corrected chi connectivity index (χ3v) is 4.09. The fraction of sp³-hybridized carbons (Fsp3) is 0.364. The lowest BCUT2D eigenvalue weighted by atomic mass is 10.0. The summed E-state index contributed by atoms with van der Waals surface area (Å²) in [6.45, 7) is 4.73. The van der Waals surface area contributed by atoms with Crippen molar-refractivity contribution in [2.24, 2.45) is 0 Å². The number of ether oxygens (including phenoxy) is 4. The summed E-state index contributed by atoms with van der Waals surface area (Å²) >= 11 is 0. The Morgan fingerprint density at radius 2 is 1.38 bits per heavy atom. The molecular weight excluding hydrogens is 328 g/mol. The van der Waals surface area contributed by atoms with Crippen LogP contribution in [0.3, 0.4) is 0 Å². The maximum atomic E-state index is 5.70. The molecule has 0 unspecified atom stereocenters. The van der Waals surface area contributed by atoms with Crippen LogP contribution in [0.15, 0.2) is 48.0 Å². The van der Waals surface area contributed by atoms with Gasteiger partial charge in [0.05, 0.1) is 21.3 Å². The minimum Gasteiger partial charge on any atom is -0.493 e. The Kier molecular flexibility index (Phi) is 7.39. The van der Waals surface area contributed by atoms with Crippen molar-refractivity contribution in [3.8, 4) is 23.0 Å². The zero-order chi connectivity index (χ0) is 18.9. The number of aryl methyl sites for hydroxylation is 2. The summed E-state index contributed by atoms with van der Waals surface area (Å²) in [7, 11) is 4.88. The van der Waals surface area contributed by atoms with Crippen LogP contribution in [0.25, 0.3) is 0 Å². The highest BCUT2D eigenvalue weighted by Crippen LogP contribution is 2.38. The number of methoxy groups -OCH3 is 3. The number of benzene rings is 2. The maximum Gasteiger partial charge on any atom is 0.203 e. The second-order valence-corrected chi connectivity index (χ2v) is 6.27. The fourth-order valence-electron chi connectivity index (χ4n) is 2.63. The van der Waals surface area contributed by atoms with Gasteiger partial charge in [-0.05, 0) is 68.2 Å². The molecule has 0 aliphatic heterocycles. The van der Waals surface area contributed by atoms with E-state index in [0.29, 0.717) is 23.9 Å². The standard InChI is InChI=1S/C22H28O4/c1-16(2)12-13-26-19-10-8-17(9-11-19)6-7-18-14-20(23-3)22(25-5)21(15-18)24-4/h8-12,14-15H,6-7,13H2,1-5H3. The normalized spacial score (nSPS) is 10.2.